The van der Waals surface area contributed by atoms with E-state index in [-0.39, 0.29) is 0 Å². The summed E-state index contributed by atoms with van der Waals surface area (Å²) in [7, 11) is 0. The van der Waals surface area contributed by atoms with Gasteiger partial charge in [0.1, 0.15) is 5.82 Å². The van der Waals surface area contributed by atoms with Gasteiger partial charge < -0.3 is 5.32 Å². The molecular weight excluding hydrogens is 240 g/mol. The summed E-state index contributed by atoms with van der Waals surface area (Å²) in [6.45, 7) is 3.32. The molecule has 2 atom stereocenters. The highest BCUT2D eigenvalue weighted by atomic mass is 15.5. The van der Waals surface area contributed by atoms with Crippen LogP contribution < -0.4 is 5.32 Å². The molecule has 0 saturated heterocycles. The molecule has 6 heteroatoms. The maximum Gasteiger partial charge on any atom is 0.199 e. The molecule has 2 aromatic rings. The molecule has 1 aliphatic carbocycles. The monoisotopic (exact) mass is 260 g/mol. The van der Waals surface area contributed by atoms with Gasteiger partial charge in [-0.25, -0.2) is 0 Å². The third-order valence-corrected chi connectivity index (χ3v) is 4.01. The molecule has 0 aromatic carbocycles. The van der Waals surface area contributed by atoms with Gasteiger partial charge in [-0.15, -0.1) is 5.10 Å². The van der Waals surface area contributed by atoms with E-state index < -0.39 is 0 Å². The number of rotatable bonds is 4. The van der Waals surface area contributed by atoms with Crippen molar-refractivity contribution in [2.75, 3.05) is 11.9 Å². The molecule has 1 N–H and O–H groups in total. The van der Waals surface area contributed by atoms with Gasteiger partial charge in [-0.05, 0) is 35.1 Å². The average Bonchev–Trinajstić information content (AvgIpc) is 2.88. The predicted molar refractivity (Wildman–Crippen MR) is 72.8 cm³/mol. The number of nitrogens with one attached hydrogen (secondary N) is 1. The summed E-state index contributed by atoms with van der Waals surface area (Å²) in [5.74, 6) is 2.62. The van der Waals surface area contributed by atoms with Gasteiger partial charge in [-0.1, -0.05) is 26.2 Å². The fourth-order valence-corrected chi connectivity index (χ4v) is 3.02. The van der Waals surface area contributed by atoms with Crippen molar-refractivity contribution in [3.05, 3.63) is 12.4 Å². The maximum absolute atomic E-state index is 4.14. The highest BCUT2D eigenvalue weighted by Gasteiger charge is 2.18. The Labute approximate surface area is 112 Å². The molecule has 2 unspecified atom stereocenters. The first kappa shape index (κ1) is 12.3. The van der Waals surface area contributed by atoms with Crippen LogP contribution in [0, 0.1) is 11.8 Å². The Morgan fingerprint density at radius 3 is 3.21 bits per heavy atom. The quantitative estimate of drug-likeness (QED) is 0.912. The average molecular weight is 260 g/mol. The lowest BCUT2D eigenvalue weighted by atomic mass is 9.81. The highest BCUT2D eigenvalue weighted by Crippen LogP contribution is 2.30. The first-order valence-corrected chi connectivity index (χ1v) is 7.09. The van der Waals surface area contributed by atoms with Gasteiger partial charge in [0.25, 0.3) is 0 Å². The number of fused-ring (bicyclic) bond motifs is 1. The molecular formula is C13H20N6. The Morgan fingerprint density at radius 1 is 1.37 bits per heavy atom. The summed E-state index contributed by atoms with van der Waals surface area (Å²) in [5.41, 5.74) is 0.677. The van der Waals surface area contributed by atoms with Crippen LogP contribution in [0.5, 0.6) is 0 Å². The predicted octanol–water partition coefficient (Wildman–Crippen LogP) is 2.15. The fraction of sp³-hybridized carbons (Fsp3) is 0.692. The van der Waals surface area contributed by atoms with E-state index in [0.717, 1.165) is 24.2 Å². The number of hydrogen-bond acceptors (Lipinski definition) is 5. The van der Waals surface area contributed by atoms with Crippen LogP contribution >= 0.6 is 0 Å². The van der Waals surface area contributed by atoms with Gasteiger partial charge >= 0.3 is 0 Å². The van der Waals surface area contributed by atoms with Crippen LogP contribution in [0.1, 0.15) is 39.0 Å². The van der Waals surface area contributed by atoms with Crippen LogP contribution in [0.25, 0.3) is 5.65 Å². The standard InChI is InChI=1S/C13H20N6/c1-10-3-2-4-11(7-10)5-6-15-12-8-14-9-13-16-17-18-19(12)13/h8-11,15H,2-7H2,1H3. The second-order valence-corrected chi connectivity index (χ2v) is 5.59. The van der Waals surface area contributed by atoms with Gasteiger partial charge in [0.15, 0.2) is 5.65 Å². The van der Waals surface area contributed by atoms with Gasteiger partial charge in [0.05, 0.1) is 12.4 Å². The zero-order chi connectivity index (χ0) is 13.1. The van der Waals surface area contributed by atoms with Gasteiger partial charge in [-0.3, -0.25) is 4.98 Å². The van der Waals surface area contributed by atoms with E-state index in [4.69, 9.17) is 0 Å². The highest BCUT2D eigenvalue weighted by molar-refractivity contribution is 5.43. The minimum atomic E-state index is 0.677. The van der Waals surface area contributed by atoms with E-state index in [1.165, 1.54) is 32.1 Å². The van der Waals surface area contributed by atoms with Crippen LogP contribution in [-0.2, 0) is 0 Å². The largest absolute Gasteiger partial charge is 0.369 e. The van der Waals surface area contributed by atoms with Gasteiger partial charge in [-0.2, -0.15) is 4.52 Å². The number of aromatic nitrogens is 5. The molecule has 6 nitrogen and oxygen atoms in total. The number of tetrazole rings is 1. The smallest absolute Gasteiger partial charge is 0.199 e. The fourth-order valence-electron chi connectivity index (χ4n) is 3.02. The van der Waals surface area contributed by atoms with Crippen molar-refractivity contribution in [3.8, 4) is 0 Å². The second-order valence-electron chi connectivity index (χ2n) is 5.59. The first-order valence-electron chi connectivity index (χ1n) is 7.09. The molecule has 3 rings (SSSR count). The van der Waals surface area contributed by atoms with Crippen molar-refractivity contribution in [2.24, 2.45) is 11.8 Å². The SMILES string of the molecule is CC1CCCC(CCNc2cncc3nnnn23)C1. The molecule has 0 radical (unpaired) electrons. The number of anilines is 1. The molecule has 1 saturated carbocycles. The van der Waals surface area contributed by atoms with Crippen molar-refractivity contribution in [2.45, 2.75) is 39.0 Å². The van der Waals surface area contributed by atoms with E-state index in [2.05, 4.69) is 32.7 Å². The van der Waals surface area contributed by atoms with E-state index in [9.17, 15) is 0 Å². The molecule has 1 fully saturated rings. The molecule has 102 valence electrons. The Kier molecular flexibility index (Phi) is 3.57. The van der Waals surface area contributed by atoms with Crippen LogP contribution in [0.15, 0.2) is 12.4 Å². The van der Waals surface area contributed by atoms with Crippen LogP contribution in [-0.4, -0.2) is 31.6 Å². The lowest BCUT2D eigenvalue weighted by Gasteiger charge is -2.26. The third-order valence-electron chi connectivity index (χ3n) is 4.01. The Hall–Kier alpha value is -1.72. The van der Waals surface area contributed by atoms with Crippen molar-refractivity contribution >= 4 is 11.5 Å². The minimum absolute atomic E-state index is 0.677. The van der Waals surface area contributed by atoms with Crippen molar-refractivity contribution < 1.29 is 0 Å². The van der Waals surface area contributed by atoms with E-state index in [1.807, 2.05) is 0 Å². The summed E-state index contributed by atoms with van der Waals surface area (Å²) in [4.78, 5) is 4.14. The minimum Gasteiger partial charge on any atom is -0.369 e. The summed E-state index contributed by atoms with van der Waals surface area (Å²) >= 11 is 0. The van der Waals surface area contributed by atoms with Crippen molar-refractivity contribution in [3.63, 3.8) is 0 Å². The topological polar surface area (TPSA) is 68.0 Å². The van der Waals surface area contributed by atoms with Crippen molar-refractivity contribution in [1.82, 2.24) is 25.0 Å². The first-order chi connectivity index (χ1) is 9.33. The van der Waals surface area contributed by atoms with E-state index in [1.54, 1.807) is 16.9 Å². The van der Waals surface area contributed by atoms with Crippen LogP contribution in [0.3, 0.4) is 0 Å². The molecule has 2 aromatic heterocycles. The summed E-state index contributed by atoms with van der Waals surface area (Å²) < 4.78 is 1.69. The normalized spacial score (nSPS) is 23.6. The van der Waals surface area contributed by atoms with Crippen molar-refractivity contribution in [1.29, 1.82) is 0 Å². The second kappa shape index (κ2) is 5.50. The molecule has 1 aliphatic rings. The molecule has 0 bridgehead atoms. The summed E-state index contributed by atoms with van der Waals surface area (Å²) in [6, 6.07) is 0. The summed E-state index contributed by atoms with van der Waals surface area (Å²) in [5, 5.41) is 14.9. The molecule has 0 spiro atoms. The molecule has 0 aliphatic heterocycles. The lowest BCUT2D eigenvalue weighted by molar-refractivity contribution is 0.274. The maximum atomic E-state index is 4.14. The zero-order valence-corrected chi connectivity index (χ0v) is 11.3. The zero-order valence-electron chi connectivity index (χ0n) is 11.3. The molecule has 2 heterocycles. The Morgan fingerprint density at radius 2 is 2.32 bits per heavy atom. The van der Waals surface area contributed by atoms with E-state index >= 15 is 0 Å². The Balaban J connectivity index is 1.56. The molecule has 0 amide bonds. The number of nitrogens with zero attached hydrogens (tertiary/aromatic N) is 5. The lowest BCUT2D eigenvalue weighted by Crippen LogP contribution is -2.17. The van der Waals surface area contributed by atoms with Gasteiger partial charge in [0, 0.05) is 6.54 Å². The van der Waals surface area contributed by atoms with E-state index in [0.29, 0.717) is 5.65 Å². The molecule has 19 heavy (non-hydrogen) atoms. The Bertz CT molecular complexity index is 537. The van der Waals surface area contributed by atoms with Crippen LogP contribution in [0.2, 0.25) is 0 Å². The third kappa shape index (κ3) is 2.83. The van der Waals surface area contributed by atoms with Gasteiger partial charge in [0.2, 0.25) is 0 Å². The van der Waals surface area contributed by atoms with Crippen LogP contribution in [0.4, 0.5) is 5.82 Å². The number of hydrogen-bond donors (Lipinski definition) is 1. The summed E-state index contributed by atoms with van der Waals surface area (Å²) in [6.07, 6.45) is 10.2.